The first kappa shape index (κ1) is 17.4. The van der Waals surface area contributed by atoms with Crippen LogP contribution in [0.1, 0.15) is 76.1 Å². The second kappa shape index (κ2) is 8.60. The van der Waals surface area contributed by atoms with Crippen molar-refractivity contribution < 1.29 is 4.79 Å². The Labute approximate surface area is 128 Å². The smallest absolute Gasteiger partial charge is 0.272 e. The van der Waals surface area contributed by atoms with Gasteiger partial charge in [0.15, 0.2) is 5.69 Å². The van der Waals surface area contributed by atoms with Crippen LogP contribution in [0.5, 0.6) is 0 Å². The molecule has 1 rings (SSSR count). The molecule has 1 unspecified atom stereocenters. The van der Waals surface area contributed by atoms with Crippen molar-refractivity contribution in [2.24, 2.45) is 0 Å². The lowest BCUT2D eigenvalue weighted by Gasteiger charge is -2.16. The first-order chi connectivity index (χ1) is 9.99. The minimum absolute atomic E-state index is 0.126. The van der Waals surface area contributed by atoms with Crippen LogP contribution in [0, 0.1) is 0 Å². The largest absolute Gasteiger partial charge is 0.382 e. The van der Waals surface area contributed by atoms with E-state index < -0.39 is 0 Å². The molecule has 0 saturated carbocycles. The van der Waals surface area contributed by atoms with Crippen molar-refractivity contribution in [3.05, 3.63) is 17.7 Å². The summed E-state index contributed by atoms with van der Waals surface area (Å²) in [5, 5.41) is 6.18. The number of hydrogen-bond acceptors (Lipinski definition) is 4. The molecule has 5 nitrogen and oxygen atoms in total. The van der Waals surface area contributed by atoms with Crippen LogP contribution in [0.15, 0.2) is 6.20 Å². The van der Waals surface area contributed by atoms with E-state index in [0.29, 0.717) is 17.2 Å². The topological polar surface area (TPSA) is 66.9 Å². The van der Waals surface area contributed by atoms with E-state index in [0.717, 1.165) is 25.8 Å². The predicted octanol–water partition coefficient (Wildman–Crippen LogP) is 3.34. The summed E-state index contributed by atoms with van der Waals surface area (Å²) in [6, 6.07) is 0.157. The number of amides is 1. The molecule has 0 radical (unpaired) electrons. The highest BCUT2D eigenvalue weighted by Gasteiger charge is 2.17. The van der Waals surface area contributed by atoms with Crippen LogP contribution in [0.25, 0.3) is 0 Å². The number of aromatic nitrogens is 2. The molecule has 0 saturated heterocycles. The van der Waals surface area contributed by atoms with Crippen LogP contribution >= 0.6 is 0 Å². The molecule has 0 aliphatic carbocycles. The third kappa shape index (κ3) is 5.33. The summed E-state index contributed by atoms with van der Waals surface area (Å²) in [5.41, 5.74) is 1.14. The fraction of sp³-hybridized carbons (Fsp3) is 0.688. The first-order valence-electron chi connectivity index (χ1n) is 7.91. The van der Waals surface area contributed by atoms with Crippen molar-refractivity contribution in [2.75, 3.05) is 11.9 Å². The molecule has 0 spiro atoms. The van der Waals surface area contributed by atoms with Gasteiger partial charge in [-0.3, -0.25) is 4.79 Å². The summed E-state index contributed by atoms with van der Waals surface area (Å²) in [5.74, 6) is 0.770. The van der Waals surface area contributed by atoms with Crippen molar-refractivity contribution in [3.63, 3.8) is 0 Å². The van der Waals surface area contributed by atoms with Crippen LogP contribution in [0.3, 0.4) is 0 Å². The number of carbonyl (C=O) groups excluding carboxylic acids is 1. The number of anilines is 1. The number of nitrogens with one attached hydrogen (secondary N) is 2. The molecule has 0 fully saturated rings. The minimum atomic E-state index is -0.126. The fourth-order valence-corrected chi connectivity index (χ4v) is 2.04. The van der Waals surface area contributed by atoms with Crippen molar-refractivity contribution in [1.82, 2.24) is 15.3 Å². The molecule has 0 aliphatic rings. The number of nitrogens with zero attached hydrogens (tertiary/aromatic N) is 2. The Morgan fingerprint density at radius 1 is 1.29 bits per heavy atom. The van der Waals surface area contributed by atoms with Gasteiger partial charge in [-0.2, -0.15) is 0 Å². The minimum Gasteiger partial charge on any atom is -0.382 e. The zero-order chi connectivity index (χ0) is 15.8. The molecule has 0 aliphatic heterocycles. The summed E-state index contributed by atoms with van der Waals surface area (Å²) in [6.45, 7) is 10.9. The number of carbonyl (C=O) groups is 1. The zero-order valence-corrected chi connectivity index (χ0v) is 13.9. The van der Waals surface area contributed by atoms with Gasteiger partial charge in [0, 0.05) is 18.5 Å². The molecule has 118 valence electrons. The Morgan fingerprint density at radius 2 is 2.00 bits per heavy atom. The van der Waals surface area contributed by atoms with Crippen molar-refractivity contribution >= 4 is 11.6 Å². The van der Waals surface area contributed by atoms with Gasteiger partial charge in [-0.1, -0.05) is 33.6 Å². The van der Waals surface area contributed by atoms with Gasteiger partial charge in [0.05, 0.1) is 11.9 Å². The predicted molar refractivity (Wildman–Crippen MR) is 86.7 cm³/mol. The molecule has 1 atom stereocenters. The summed E-state index contributed by atoms with van der Waals surface area (Å²) in [4.78, 5) is 21.2. The van der Waals surface area contributed by atoms with Gasteiger partial charge in [-0.15, -0.1) is 0 Å². The van der Waals surface area contributed by atoms with E-state index in [2.05, 4.69) is 27.5 Å². The first-order valence-corrected chi connectivity index (χ1v) is 7.91. The summed E-state index contributed by atoms with van der Waals surface area (Å²) >= 11 is 0. The summed E-state index contributed by atoms with van der Waals surface area (Å²) < 4.78 is 0. The normalized spacial score (nSPS) is 12.3. The molecular weight excluding hydrogens is 264 g/mol. The number of rotatable bonds is 8. The Hall–Kier alpha value is -1.65. The lowest BCUT2D eigenvalue weighted by atomic mass is 10.1. The van der Waals surface area contributed by atoms with E-state index in [1.165, 1.54) is 0 Å². The standard InChI is InChI=1S/C16H28N4O/c1-6-8-9-12(5)19-16(21)14-13(17-7-2)10-18-15(20-14)11(3)4/h10-12,17H,6-9H2,1-5H3,(H,19,21). The highest BCUT2D eigenvalue weighted by atomic mass is 16.2. The van der Waals surface area contributed by atoms with Crippen LogP contribution in [-0.4, -0.2) is 28.5 Å². The Bertz CT molecular complexity index is 460. The molecule has 2 N–H and O–H groups in total. The van der Waals surface area contributed by atoms with Gasteiger partial charge in [0.1, 0.15) is 5.82 Å². The van der Waals surface area contributed by atoms with Crippen molar-refractivity contribution in [2.45, 2.75) is 65.8 Å². The van der Waals surface area contributed by atoms with Gasteiger partial charge >= 0.3 is 0 Å². The third-order valence-electron chi connectivity index (χ3n) is 3.27. The van der Waals surface area contributed by atoms with Gasteiger partial charge in [0.2, 0.25) is 0 Å². The average molecular weight is 292 g/mol. The molecule has 1 aromatic heterocycles. The van der Waals surface area contributed by atoms with E-state index in [9.17, 15) is 4.79 Å². The van der Waals surface area contributed by atoms with Gasteiger partial charge in [-0.25, -0.2) is 9.97 Å². The van der Waals surface area contributed by atoms with Crippen LogP contribution < -0.4 is 10.6 Å². The molecule has 1 aromatic rings. The molecule has 5 heteroatoms. The second-order valence-electron chi connectivity index (χ2n) is 5.69. The van der Waals surface area contributed by atoms with Gasteiger partial charge in [-0.05, 0) is 20.3 Å². The second-order valence-corrected chi connectivity index (χ2v) is 5.69. The fourth-order valence-electron chi connectivity index (χ4n) is 2.04. The van der Waals surface area contributed by atoms with Crippen LogP contribution in [0.4, 0.5) is 5.69 Å². The highest BCUT2D eigenvalue weighted by Crippen LogP contribution is 2.16. The number of unbranched alkanes of at least 4 members (excludes halogenated alkanes) is 1. The summed E-state index contributed by atoms with van der Waals surface area (Å²) in [6.07, 6.45) is 4.94. The Balaban J connectivity index is 2.91. The molecular formula is C16H28N4O. The lowest BCUT2D eigenvalue weighted by Crippen LogP contribution is -2.34. The van der Waals surface area contributed by atoms with Crippen LogP contribution in [-0.2, 0) is 0 Å². The van der Waals surface area contributed by atoms with E-state index in [1.807, 2.05) is 27.7 Å². The van der Waals surface area contributed by atoms with Gasteiger partial charge in [0.25, 0.3) is 5.91 Å². The quantitative estimate of drug-likeness (QED) is 0.771. The Kier molecular flexibility index (Phi) is 7.12. The lowest BCUT2D eigenvalue weighted by molar-refractivity contribution is 0.0933. The van der Waals surface area contributed by atoms with E-state index in [1.54, 1.807) is 6.20 Å². The maximum absolute atomic E-state index is 12.4. The van der Waals surface area contributed by atoms with Crippen molar-refractivity contribution in [1.29, 1.82) is 0 Å². The third-order valence-corrected chi connectivity index (χ3v) is 3.27. The van der Waals surface area contributed by atoms with E-state index in [4.69, 9.17) is 0 Å². The monoisotopic (exact) mass is 292 g/mol. The number of hydrogen-bond donors (Lipinski definition) is 2. The van der Waals surface area contributed by atoms with Crippen LogP contribution in [0.2, 0.25) is 0 Å². The van der Waals surface area contributed by atoms with E-state index in [-0.39, 0.29) is 17.9 Å². The molecule has 1 heterocycles. The highest BCUT2D eigenvalue weighted by molar-refractivity contribution is 5.97. The molecule has 1 amide bonds. The molecule has 0 aromatic carbocycles. The van der Waals surface area contributed by atoms with Gasteiger partial charge < -0.3 is 10.6 Å². The maximum atomic E-state index is 12.4. The van der Waals surface area contributed by atoms with Crippen molar-refractivity contribution in [3.8, 4) is 0 Å². The van der Waals surface area contributed by atoms with E-state index >= 15 is 0 Å². The zero-order valence-electron chi connectivity index (χ0n) is 13.9. The molecule has 21 heavy (non-hydrogen) atoms. The maximum Gasteiger partial charge on any atom is 0.272 e. The summed E-state index contributed by atoms with van der Waals surface area (Å²) in [7, 11) is 0. The molecule has 0 bridgehead atoms. The Morgan fingerprint density at radius 3 is 2.57 bits per heavy atom. The average Bonchev–Trinajstić information content (AvgIpc) is 2.45. The SMILES string of the molecule is CCCCC(C)NC(=O)c1nc(C(C)C)ncc1NCC.